The molecule has 6 heteroatoms. The first-order valence-corrected chi connectivity index (χ1v) is 5.69. The summed E-state index contributed by atoms with van der Waals surface area (Å²) in [5, 5.41) is 0. The summed E-state index contributed by atoms with van der Waals surface area (Å²) >= 11 is 0. The van der Waals surface area contributed by atoms with Gasteiger partial charge in [0.05, 0.1) is 0 Å². The molecule has 18 heavy (non-hydrogen) atoms. The predicted molar refractivity (Wildman–Crippen MR) is 58.5 cm³/mol. The smallest absolute Gasteiger partial charge is 0.275 e. The number of hydrogen-bond donors (Lipinski definition) is 1. The zero-order valence-corrected chi connectivity index (χ0v) is 9.62. The van der Waals surface area contributed by atoms with Crippen molar-refractivity contribution in [1.82, 2.24) is 5.48 Å². The molecule has 1 amide bonds. The number of hydroxylamine groups is 1. The summed E-state index contributed by atoms with van der Waals surface area (Å²) in [7, 11) is 0. The van der Waals surface area contributed by atoms with Gasteiger partial charge in [-0.25, -0.2) is 19.1 Å². The molecule has 1 atom stereocenters. The Balaban J connectivity index is 1.88. The van der Waals surface area contributed by atoms with Gasteiger partial charge in [-0.15, -0.1) is 0 Å². The fourth-order valence-electron chi connectivity index (χ4n) is 1.62. The van der Waals surface area contributed by atoms with Crippen molar-refractivity contribution in [3.63, 3.8) is 0 Å². The van der Waals surface area contributed by atoms with Crippen LogP contribution in [-0.4, -0.2) is 18.8 Å². The largest absolute Gasteiger partial charge is 0.350 e. The van der Waals surface area contributed by atoms with E-state index in [9.17, 15) is 13.6 Å². The molecule has 1 N–H and O–H groups in total. The molecule has 1 heterocycles. The Morgan fingerprint density at radius 2 is 2.17 bits per heavy atom. The van der Waals surface area contributed by atoms with Crippen LogP contribution < -0.4 is 5.48 Å². The summed E-state index contributed by atoms with van der Waals surface area (Å²) in [4.78, 5) is 16.6. The van der Waals surface area contributed by atoms with E-state index in [1.807, 2.05) is 0 Å². The van der Waals surface area contributed by atoms with Gasteiger partial charge in [-0.1, -0.05) is 0 Å². The van der Waals surface area contributed by atoms with Gasteiger partial charge in [-0.05, 0) is 31.0 Å². The van der Waals surface area contributed by atoms with Crippen LogP contribution in [0, 0.1) is 11.6 Å². The molecule has 0 radical (unpaired) electrons. The Bertz CT molecular complexity index is 433. The van der Waals surface area contributed by atoms with Crippen molar-refractivity contribution in [2.24, 2.45) is 0 Å². The van der Waals surface area contributed by atoms with Gasteiger partial charge in [0.1, 0.15) is 0 Å². The standard InChI is InChI=1S/C12H13F2NO3/c13-9-5-4-8(7-10(9)14)12(16)15-18-11-3-1-2-6-17-11/h4-5,7,11H,1-3,6H2,(H,15,16). The van der Waals surface area contributed by atoms with Crippen LogP contribution >= 0.6 is 0 Å². The Morgan fingerprint density at radius 3 is 2.83 bits per heavy atom. The normalized spacial score (nSPS) is 19.6. The lowest BCUT2D eigenvalue weighted by Crippen LogP contribution is -2.33. The van der Waals surface area contributed by atoms with E-state index in [2.05, 4.69) is 5.48 Å². The number of halogens is 2. The summed E-state index contributed by atoms with van der Waals surface area (Å²) in [6.45, 7) is 0.589. The first-order valence-electron chi connectivity index (χ1n) is 5.69. The number of carbonyl (C=O) groups excluding carboxylic acids is 1. The zero-order chi connectivity index (χ0) is 13.0. The minimum atomic E-state index is -1.07. The van der Waals surface area contributed by atoms with Crippen molar-refractivity contribution in [2.75, 3.05) is 6.61 Å². The van der Waals surface area contributed by atoms with Crippen LogP contribution in [0.1, 0.15) is 29.6 Å². The van der Waals surface area contributed by atoms with Gasteiger partial charge < -0.3 is 4.74 Å². The molecule has 1 unspecified atom stereocenters. The number of carbonyl (C=O) groups is 1. The van der Waals surface area contributed by atoms with Gasteiger partial charge in [-0.2, -0.15) is 0 Å². The van der Waals surface area contributed by atoms with Crippen molar-refractivity contribution in [3.05, 3.63) is 35.4 Å². The first-order chi connectivity index (χ1) is 8.66. The van der Waals surface area contributed by atoms with Gasteiger partial charge in [0, 0.05) is 18.6 Å². The van der Waals surface area contributed by atoms with Crippen molar-refractivity contribution in [2.45, 2.75) is 25.6 Å². The fraction of sp³-hybridized carbons (Fsp3) is 0.417. The average Bonchev–Trinajstić information content (AvgIpc) is 2.40. The Hall–Kier alpha value is -1.53. The van der Waals surface area contributed by atoms with Crippen LogP contribution in [-0.2, 0) is 9.57 Å². The molecule has 0 aliphatic carbocycles. The van der Waals surface area contributed by atoms with E-state index < -0.39 is 23.8 Å². The van der Waals surface area contributed by atoms with Crippen molar-refractivity contribution in [1.29, 1.82) is 0 Å². The molecule has 4 nitrogen and oxygen atoms in total. The van der Waals surface area contributed by atoms with Gasteiger partial charge >= 0.3 is 0 Å². The highest BCUT2D eigenvalue weighted by Gasteiger charge is 2.16. The lowest BCUT2D eigenvalue weighted by molar-refractivity contribution is -0.186. The maximum atomic E-state index is 12.9. The van der Waals surface area contributed by atoms with E-state index in [-0.39, 0.29) is 5.56 Å². The molecular formula is C12H13F2NO3. The highest BCUT2D eigenvalue weighted by atomic mass is 19.2. The molecule has 0 saturated carbocycles. The van der Waals surface area contributed by atoms with Crippen molar-refractivity contribution >= 4 is 5.91 Å². The second-order valence-electron chi connectivity index (χ2n) is 3.97. The third-order valence-electron chi connectivity index (χ3n) is 2.60. The number of amides is 1. The van der Waals surface area contributed by atoms with Crippen LogP contribution in [0.5, 0.6) is 0 Å². The van der Waals surface area contributed by atoms with E-state index in [4.69, 9.17) is 9.57 Å². The van der Waals surface area contributed by atoms with Crippen LogP contribution in [0.3, 0.4) is 0 Å². The minimum absolute atomic E-state index is 0.00953. The predicted octanol–water partition coefficient (Wildman–Crippen LogP) is 2.15. The lowest BCUT2D eigenvalue weighted by Gasteiger charge is -2.22. The molecule has 1 fully saturated rings. The number of nitrogens with one attached hydrogen (secondary N) is 1. The van der Waals surface area contributed by atoms with Gasteiger partial charge in [0.25, 0.3) is 5.91 Å². The molecule has 0 spiro atoms. The molecule has 98 valence electrons. The summed E-state index contributed by atoms with van der Waals surface area (Å²) in [5.41, 5.74) is 2.15. The monoisotopic (exact) mass is 257 g/mol. The van der Waals surface area contributed by atoms with E-state index in [0.29, 0.717) is 13.0 Å². The minimum Gasteiger partial charge on any atom is -0.350 e. The Labute approximate surface area is 103 Å². The highest BCUT2D eigenvalue weighted by molar-refractivity contribution is 5.93. The van der Waals surface area contributed by atoms with E-state index in [1.54, 1.807) is 0 Å². The van der Waals surface area contributed by atoms with Gasteiger partial charge in [-0.3, -0.25) is 4.79 Å². The molecule has 1 aliphatic rings. The molecule has 1 aromatic carbocycles. The number of benzene rings is 1. The second-order valence-corrected chi connectivity index (χ2v) is 3.97. The number of ether oxygens (including phenoxy) is 1. The van der Waals surface area contributed by atoms with Crippen molar-refractivity contribution in [3.8, 4) is 0 Å². The quantitative estimate of drug-likeness (QED) is 0.844. The number of hydrogen-bond acceptors (Lipinski definition) is 3. The van der Waals surface area contributed by atoms with E-state index >= 15 is 0 Å². The SMILES string of the molecule is O=C(NOC1CCCCO1)c1ccc(F)c(F)c1. The third-order valence-corrected chi connectivity index (χ3v) is 2.60. The molecule has 1 aliphatic heterocycles. The topological polar surface area (TPSA) is 47.6 Å². The van der Waals surface area contributed by atoms with Gasteiger partial charge in [0.15, 0.2) is 17.9 Å². The maximum Gasteiger partial charge on any atom is 0.275 e. The number of rotatable bonds is 3. The van der Waals surface area contributed by atoms with E-state index in [1.165, 1.54) is 6.07 Å². The molecule has 1 saturated heterocycles. The molecule has 2 rings (SSSR count). The first kappa shape index (κ1) is 12.9. The molecule has 1 aromatic rings. The van der Waals surface area contributed by atoms with Crippen LogP contribution in [0.15, 0.2) is 18.2 Å². The average molecular weight is 257 g/mol. The fourth-order valence-corrected chi connectivity index (χ4v) is 1.62. The molecule has 0 aromatic heterocycles. The zero-order valence-electron chi connectivity index (χ0n) is 9.62. The summed E-state index contributed by atoms with van der Waals surface area (Å²) in [6.07, 6.45) is 2.15. The lowest BCUT2D eigenvalue weighted by atomic mass is 10.2. The molecule has 0 bridgehead atoms. The Kier molecular flexibility index (Phi) is 4.22. The summed E-state index contributed by atoms with van der Waals surface area (Å²) in [5.74, 6) is -2.71. The molecular weight excluding hydrogens is 244 g/mol. The highest BCUT2D eigenvalue weighted by Crippen LogP contribution is 2.13. The second kappa shape index (κ2) is 5.88. The van der Waals surface area contributed by atoms with Crippen LogP contribution in [0.2, 0.25) is 0 Å². The van der Waals surface area contributed by atoms with Gasteiger partial charge in [0.2, 0.25) is 0 Å². The van der Waals surface area contributed by atoms with Crippen LogP contribution in [0.25, 0.3) is 0 Å². The summed E-state index contributed by atoms with van der Waals surface area (Å²) < 4.78 is 30.8. The third kappa shape index (κ3) is 3.24. The van der Waals surface area contributed by atoms with E-state index in [0.717, 1.165) is 25.0 Å². The Morgan fingerprint density at radius 1 is 1.33 bits per heavy atom. The maximum absolute atomic E-state index is 12.9. The van der Waals surface area contributed by atoms with Crippen LogP contribution in [0.4, 0.5) is 8.78 Å². The summed E-state index contributed by atoms with van der Waals surface area (Å²) in [6, 6.07) is 2.88. The van der Waals surface area contributed by atoms with Crippen molar-refractivity contribution < 1.29 is 23.1 Å².